The van der Waals surface area contributed by atoms with Crippen molar-refractivity contribution in [3.63, 3.8) is 0 Å². The molecule has 1 heterocycles. The Bertz CT molecular complexity index is 691. The number of nitrogens with two attached hydrogens (primary N) is 1. The van der Waals surface area contributed by atoms with E-state index in [0.717, 1.165) is 36.7 Å². The highest BCUT2D eigenvalue weighted by Gasteiger charge is 2.02. The van der Waals surface area contributed by atoms with Gasteiger partial charge < -0.3 is 16.4 Å². The number of rotatable bonds is 7. The third kappa shape index (κ3) is 7.51. The minimum absolute atomic E-state index is 0. The van der Waals surface area contributed by atoms with Crippen LogP contribution in [0, 0.1) is 0 Å². The van der Waals surface area contributed by atoms with Crippen molar-refractivity contribution in [3.05, 3.63) is 65.5 Å². The topological polar surface area (TPSA) is 92.4 Å². The first-order valence-corrected chi connectivity index (χ1v) is 8.00. The number of amides is 1. The molecule has 2 rings (SSSR count). The van der Waals surface area contributed by atoms with Gasteiger partial charge in [0, 0.05) is 37.0 Å². The van der Waals surface area contributed by atoms with Crippen LogP contribution in [-0.2, 0) is 13.0 Å². The standard InChI is InChI=1S/C18H23N5O.HI/c1-2-20-18(22-11-9-16-8-3-4-10-21-16)23-13-14-6-5-7-15(12-14)17(19)24;/h3-8,10,12H,2,9,11,13H2,1H3,(H2,19,24)(H2,20,22,23);1H. The summed E-state index contributed by atoms with van der Waals surface area (Å²) in [6.07, 6.45) is 2.61. The molecule has 6 nitrogen and oxygen atoms in total. The molecule has 0 spiro atoms. The molecule has 1 amide bonds. The number of nitrogens with one attached hydrogen (secondary N) is 2. The average molecular weight is 453 g/mol. The number of carbonyl (C=O) groups is 1. The van der Waals surface area contributed by atoms with Crippen molar-refractivity contribution in [1.82, 2.24) is 15.6 Å². The number of guanidine groups is 1. The Morgan fingerprint density at radius 1 is 1.20 bits per heavy atom. The molecular weight excluding hydrogens is 429 g/mol. The number of benzene rings is 1. The lowest BCUT2D eigenvalue weighted by Gasteiger charge is -2.11. The summed E-state index contributed by atoms with van der Waals surface area (Å²) >= 11 is 0. The molecule has 25 heavy (non-hydrogen) atoms. The fourth-order valence-electron chi connectivity index (χ4n) is 2.19. The molecule has 0 fully saturated rings. The van der Waals surface area contributed by atoms with Gasteiger partial charge in [-0.1, -0.05) is 18.2 Å². The van der Waals surface area contributed by atoms with Crippen LogP contribution in [0.1, 0.15) is 28.5 Å². The molecular formula is C18H24IN5O. The molecule has 1 aromatic heterocycles. The van der Waals surface area contributed by atoms with Crippen LogP contribution in [-0.4, -0.2) is 29.9 Å². The normalized spacial score (nSPS) is 10.7. The molecule has 0 saturated heterocycles. The van der Waals surface area contributed by atoms with Gasteiger partial charge in [-0.05, 0) is 36.8 Å². The van der Waals surface area contributed by atoms with E-state index in [4.69, 9.17) is 5.73 Å². The quantitative estimate of drug-likeness (QED) is 0.340. The summed E-state index contributed by atoms with van der Waals surface area (Å²) in [7, 11) is 0. The van der Waals surface area contributed by atoms with E-state index in [1.807, 2.05) is 37.3 Å². The van der Waals surface area contributed by atoms with Crippen molar-refractivity contribution in [1.29, 1.82) is 0 Å². The highest BCUT2D eigenvalue weighted by atomic mass is 127. The summed E-state index contributed by atoms with van der Waals surface area (Å²) in [6, 6.07) is 13.1. The van der Waals surface area contributed by atoms with Crippen LogP contribution < -0.4 is 16.4 Å². The molecule has 0 saturated carbocycles. The fourth-order valence-corrected chi connectivity index (χ4v) is 2.19. The Kier molecular flexibility index (Phi) is 9.53. The second-order valence-electron chi connectivity index (χ2n) is 5.26. The summed E-state index contributed by atoms with van der Waals surface area (Å²) in [5.41, 5.74) is 7.77. The predicted molar refractivity (Wildman–Crippen MR) is 111 cm³/mol. The molecule has 0 bridgehead atoms. The molecule has 134 valence electrons. The maximum atomic E-state index is 11.2. The van der Waals surface area contributed by atoms with E-state index in [9.17, 15) is 4.79 Å². The summed E-state index contributed by atoms with van der Waals surface area (Å²) < 4.78 is 0. The molecule has 0 unspecified atom stereocenters. The Balaban J connectivity index is 0.00000312. The molecule has 0 radical (unpaired) electrons. The van der Waals surface area contributed by atoms with Gasteiger partial charge in [0.2, 0.25) is 5.91 Å². The molecule has 0 aliphatic carbocycles. The number of primary amides is 1. The molecule has 0 atom stereocenters. The largest absolute Gasteiger partial charge is 0.366 e. The van der Waals surface area contributed by atoms with Gasteiger partial charge in [-0.3, -0.25) is 9.78 Å². The lowest BCUT2D eigenvalue weighted by molar-refractivity contribution is 0.1000. The van der Waals surface area contributed by atoms with Crippen LogP contribution in [0.4, 0.5) is 0 Å². The van der Waals surface area contributed by atoms with E-state index in [2.05, 4.69) is 20.6 Å². The second-order valence-corrected chi connectivity index (χ2v) is 5.26. The van der Waals surface area contributed by atoms with Gasteiger partial charge in [0.15, 0.2) is 5.96 Å². The van der Waals surface area contributed by atoms with Gasteiger partial charge in [-0.15, -0.1) is 24.0 Å². The summed E-state index contributed by atoms with van der Waals surface area (Å²) in [6.45, 7) is 4.00. The third-order valence-electron chi connectivity index (χ3n) is 3.38. The number of carbonyl (C=O) groups excluding carboxylic acids is 1. The van der Waals surface area contributed by atoms with Gasteiger partial charge >= 0.3 is 0 Å². The lowest BCUT2D eigenvalue weighted by Crippen LogP contribution is -2.38. The summed E-state index contributed by atoms with van der Waals surface area (Å²) in [5.74, 6) is 0.305. The molecule has 2 aromatic rings. The van der Waals surface area contributed by atoms with Crippen LogP contribution in [0.5, 0.6) is 0 Å². The van der Waals surface area contributed by atoms with Crippen LogP contribution in [0.2, 0.25) is 0 Å². The van der Waals surface area contributed by atoms with E-state index in [1.165, 1.54) is 0 Å². The van der Waals surface area contributed by atoms with E-state index >= 15 is 0 Å². The zero-order chi connectivity index (χ0) is 17.2. The van der Waals surface area contributed by atoms with E-state index < -0.39 is 5.91 Å². The lowest BCUT2D eigenvalue weighted by atomic mass is 10.1. The van der Waals surface area contributed by atoms with Crippen molar-refractivity contribution in [2.75, 3.05) is 13.1 Å². The zero-order valence-corrected chi connectivity index (χ0v) is 16.6. The first-order valence-electron chi connectivity index (χ1n) is 8.00. The molecule has 1 aromatic carbocycles. The van der Waals surface area contributed by atoms with Crippen molar-refractivity contribution >= 4 is 35.8 Å². The molecule has 0 aliphatic heterocycles. The zero-order valence-electron chi connectivity index (χ0n) is 14.2. The van der Waals surface area contributed by atoms with Crippen LogP contribution in [0.15, 0.2) is 53.7 Å². The highest BCUT2D eigenvalue weighted by Crippen LogP contribution is 2.06. The third-order valence-corrected chi connectivity index (χ3v) is 3.38. The number of hydrogen-bond donors (Lipinski definition) is 3. The Hall–Kier alpha value is -2.16. The van der Waals surface area contributed by atoms with Crippen LogP contribution in [0.3, 0.4) is 0 Å². The van der Waals surface area contributed by atoms with Crippen LogP contribution in [0.25, 0.3) is 0 Å². The van der Waals surface area contributed by atoms with Crippen LogP contribution >= 0.6 is 24.0 Å². The first-order chi connectivity index (χ1) is 11.7. The van der Waals surface area contributed by atoms with E-state index in [0.29, 0.717) is 12.1 Å². The van der Waals surface area contributed by atoms with Crippen molar-refractivity contribution in [3.8, 4) is 0 Å². The second kappa shape index (κ2) is 11.4. The van der Waals surface area contributed by atoms with Gasteiger partial charge in [0.05, 0.1) is 6.54 Å². The smallest absolute Gasteiger partial charge is 0.248 e. The van der Waals surface area contributed by atoms with Gasteiger partial charge in [0.25, 0.3) is 0 Å². The molecule has 7 heteroatoms. The van der Waals surface area contributed by atoms with E-state index in [-0.39, 0.29) is 24.0 Å². The number of hydrogen-bond acceptors (Lipinski definition) is 3. The summed E-state index contributed by atoms with van der Waals surface area (Å²) in [4.78, 5) is 20.1. The number of aliphatic imine (C=N–C) groups is 1. The monoisotopic (exact) mass is 453 g/mol. The SMILES string of the molecule is CCNC(=NCc1cccc(C(N)=O)c1)NCCc1ccccn1.I. The number of halogens is 1. The highest BCUT2D eigenvalue weighted by molar-refractivity contribution is 14.0. The summed E-state index contributed by atoms with van der Waals surface area (Å²) in [5, 5.41) is 6.49. The maximum absolute atomic E-state index is 11.2. The van der Waals surface area contributed by atoms with Gasteiger partial charge in [0.1, 0.15) is 0 Å². The first kappa shape index (κ1) is 20.9. The number of nitrogens with zero attached hydrogens (tertiary/aromatic N) is 2. The number of aromatic nitrogens is 1. The average Bonchev–Trinajstić information content (AvgIpc) is 2.61. The minimum atomic E-state index is -0.429. The van der Waals surface area contributed by atoms with E-state index in [1.54, 1.807) is 18.3 Å². The Labute approximate surface area is 165 Å². The van der Waals surface area contributed by atoms with Gasteiger partial charge in [-0.2, -0.15) is 0 Å². The predicted octanol–water partition coefficient (Wildman–Crippen LogP) is 2.10. The Morgan fingerprint density at radius 2 is 2.04 bits per heavy atom. The maximum Gasteiger partial charge on any atom is 0.248 e. The molecule has 0 aliphatic rings. The Morgan fingerprint density at radius 3 is 2.72 bits per heavy atom. The number of pyridine rings is 1. The van der Waals surface area contributed by atoms with Crippen molar-refractivity contribution in [2.24, 2.45) is 10.7 Å². The van der Waals surface area contributed by atoms with Crippen molar-refractivity contribution in [2.45, 2.75) is 19.9 Å². The van der Waals surface area contributed by atoms with Gasteiger partial charge in [-0.25, -0.2) is 4.99 Å². The minimum Gasteiger partial charge on any atom is -0.366 e. The van der Waals surface area contributed by atoms with Crippen molar-refractivity contribution < 1.29 is 4.79 Å². The fraction of sp³-hybridized carbons (Fsp3) is 0.278. The molecule has 4 N–H and O–H groups in total.